The van der Waals surface area contributed by atoms with Crippen molar-refractivity contribution >= 4 is 17.6 Å². The molecule has 3 N–H and O–H groups in total. The van der Waals surface area contributed by atoms with Crippen LogP contribution in [-0.2, 0) is 4.79 Å². The molecule has 2 rings (SSSR count). The zero-order chi connectivity index (χ0) is 17.0. The van der Waals surface area contributed by atoms with Crippen LogP contribution in [0.3, 0.4) is 0 Å². The number of rotatable bonds is 5. The molecule has 0 aliphatic carbocycles. The van der Waals surface area contributed by atoms with E-state index in [1.807, 2.05) is 0 Å². The summed E-state index contributed by atoms with van der Waals surface area (Å²) in [4.78, 5) is 25.8. The van der Waals surface area contributed by atoms with Gasteiger partial charge >= 0.3 is 0 Å². The monoisotopic (exact) mass is 319 g/mol. The molecule has 0 aliphatic heterocycles. The van der Waals surface area contributed by atoms with Gasteiger partial charge in [0.2, 0.25) is 5.91 Å². The zero-order valence-electron chi connectivity index (χ0n) is 13.1. The van der Waals surface area contributed by atoms with E-state index >= 15 is 0 Å². The van der Waals surface area contributed by atoms with Crippen LogP contribution in [0.1, 0.15) is 36.0 Å². The van der Waals surface area contributed by atoms with Crippen molar-refractivity contribution in [1.29, 1.82) is 0 Å². The van der Waals surface area contributed by atoms with E-state index in [0.717, 1.165) is 0 Å². The van der Waals surface area contributed by atoms with Gasteiger partial charge in [0.15, 0.2) is 5.75 Å². The summed E-state index contributed by atoms with van der Waals surface area (Å²) >= 11 is 0. The van der Waals surface area contributed by atoms with Gasteiger partial charge in [-0.2, -0.15) is 0 Å². The highest BCUT2D eigenvalue weighted by Crippen LogP contribution is 2.29. The lowest BCUT2D eigenvalue weighted by Crippen LogP contribution is -2.19. The number of benzene rings is 1. The van der Waals surface area contributed by atoms with Crippen molar-refractivity contribution in [2.24, 2.45) is 0 Å². The number of H-pyrrole nitrogens is 1. The summed E-state index contributed by atoms with van der Waals surface area (Å²) in [6.45, 7) is 3.03. The zero-order valence-corrected chi connectivity index (χ0v) is 13.1. The first kappa shape index (κ1) is 16.5. The second kappa shape index (κ2) is 6.95. The molecule has 0 saturated carbocycles. The maximum Gasteiger partial charge on any atom is 0.271 e. The second-order valence-corrected chi connectivity index (χ2v) is 4.96. The molecule has 6 nitrogen and oxygen atoms in total. The summed E-state index contributed by atoms with van der Waals surface area (Å²) in [6, 6.07) is 7.74. The van der Waals surface area contributed by atoms with Gasteiger partial charge in [-0.25, -0.2) is 4.39 Å². The largest absolute Gasteiger partial charge is 0.483 e. The molecular formula is C16H18FN3O3. The molecule has 2 amide bonds. The number of halogens is 1. The molecule has 1 aromatic carbocycles. The van der Waals surface area contributed by atoms with Gasteiger partial charge in [-0.15, -0.1) is 0 Å². The highest BCUT2D eigenvalue weighted by Gasteiger charge is 2.20. The Balaban J connectivity index is 2.30. The standard InChI is InChI=1S/C16H18FN3O3/c1-9(11-6-4-5-7-12(11)17)23-13-8-14(19-10(2)21)20-15(13)16(22)18-3/h4-9,20H,1-3H3,(H,18,22)(H,19,21). The molecule has 0 spiro atoms. The molecule has 1 aromatic heterocycles. The van der Waals surface area contributed by atoms with E-state index in [4.69, 9.17) is 4.74 Å². The Morgan fingerprint density at radius 2 is 2.00 bits per heavy atom. The van der Waals surface area contributed by atoms with Crippen LogP contribution in [0.5, 0.6) is 5.75 Å². The van der Waals surface area contributed by atoms with Crippen LogP contribution >= 0.6 is 0 Å². The molecule has 23 heavy (non-hydrogen) atoms. The van der Waals surface area contributed by atoms with Gasteiger partial charge in [0.1, 0.15) is 23.4 Å². The summed E-state index contributed by atoms with van der Waals surface area (Å²) < 4.78 is 19.5. The minimum atomic E-state index is -0.611. The third kappa shape index (κ3) is 3.88. The summed E-state index contributed by atoms with van der Waals surface area (Å²) in [7, 11) is 1.48. The molecule has 0 bridgehead atoms. The van der Waals surface area contributed by atoms with E-state index in [0.29, 0.717) is 11.4 Å². The number of carbonyl (C=O) groups is 2. The molecule has 1 atom stereocenters. The third-order valence-electron chi connectivity index (χ3n) is 3.19. The Kier molecular flexibility index (Phi) is 5.00. The van der Waals surface area contributed by atoms with E-state index in [1.54, 1.807) is 25.1 Å². The van der Waals surface area contributed by atoms with Crippen LogP contribution in [0, 0.1) is 5.82 Å². The number of aromatic nitrogens is 1. The Bertz CT molecular complexity index is 727. The minimum absolute atomic E-state index is 0.152. The summed E-state index contributed by atoms with van der Waals surface area (Å²) in [5, 5.41) is 5.02. The fraction of sp³-hybridized carbons (Fsp3) is 0.250. The summed E-state index contributed by atoms with van der Waals surface area (Å²) in [6.07, 6.45) is -0.611. The van der Waals surface area contributed by atoms with E-state index < -0.39 is 12.0 Å². The van der Waals surface area contributed by atoms with Gasteiger partial charge in [-0.05, 0) is 13.0 Å². The summed E-state index contributed by atoms with van der Waals surface area (Å²) in [5.74, 6) is -0.532. The maximum atomic E-state index is 13.8. The lowest BCUT2D eigenvalue weighted by Gasteiger charge is -2.15. The lowest BCUT2D eigenvalue weighted by atomic mass is 10.1. The topological polar surface area (TPSA) is 83.2 Å². The number of ether oxygens (including phenoxy) is 1. The summed E-state index contributed by atoms with van der Waals surface area (Å²) in [5.41, 5.74) is 0.525. The van der Waals surface area contributed by atoms with Crippen molar-refractivity contribution in [2.45, 2.75) is 20.0 Å². The van der Waals surface area contributed by atoms with Crippen molar-refractivity contribution in [1.82, 2.24) is 10.3 Å². The van der Waals surface area contributed by atoms with E-state index in [9.17, 15) is 14.0 Å². The van der Waals surface area contributed by atoms with Crippen LogP contribution in [0.2, 0.25) is 0 Å². The highest BCUT2D eigenvalue weighted by molar-refractivity contribution is 5.97. The first-order valence-corrected chi connectivity index (χ1v) is 7.06. The average molecular weight is 319 g/mol. The van der Waals surface area contributed by atoms with Crippen molar-refractivity contribution in [3.05, 3.63) is 47.4 Å². The van der Waals surface area contributed by atoms with Crippen molar-refractivity contribution in [3.8, 4) is 5.75 Å². The van der Waals surface area contributed by atoms with Crippen LogP contribution < -0.4 is 15.4 Å². The minimum Gasteiger partial charge on any atom is -0.483 e. The molecule has 0 saturated heterocycles. The Hall–Kier alpha value is -2.83. The quantitative estimate of drug-likeness (QED) is 0.792. The number of hydrogen-bond acceptors (Lipinski definition) is 3. The first-order valence-electron chi connectivity index (χ1n) is 7.06. The third-order valence-corrected chi connectivity index (χ3v) is 3.19. The number of amides is 2. The Morgan fingerprint density at radius 1 is 1.30 bits per heavy atom. The molecule has 122 valence electrons. The van der Waals surface area contributed by atoms with Gasteiger partial charge in [0.05, 0.1) is 0 Å². The van der Waals surface area contributed by atoms with Gasteiger partial charge in [0, 0.05) is 25.6 Å². The number of hydrogen-bond donors (Lipinski definition) is 3. The van der Waals surface area contributed by atoms with Crippen molar-refractivity contribution < 1.29 is 18.7 Å². The molecule has 1 heterocycles. The van der Waals surface area contributed by atoms with Gasteiger partial charge in [0.25, 0.3) is 5.91 Å². The number of anilines is 1. The molecular weight excluding hydrogens is 301 g/mol. The van der Waals surface area contributed by atoms with Crippen molar-refractivity contribution in [3.63, 3.8) is 0 Å². The van der Waals surface area contributed by atoms with Crippen LogP contribution in [-0.4, -0.2) is 23.8 Å². The molecule has 2 aromatic rings. The Morgan fingerprint density at radius 3 is 2.61 bits per heavy atom. The normalized spacial score (nSPS) is 11.7. The van der Waals surface area contributed by atoms with Gasteiger partial charge < -0.3 is 20.4 Å². The fourth-order valence-corrected chi connectivity index (χ4v) is 2.14. The predicted molar refractivity (Wildman–Crippen MR) is 83.9 cm³/mol. The number of carbonyl (C=O) groups excluding carboxylic acids is 2. The number of aromatic amines is 1. The fourth-order valence-electron chi connectivity index (χ4n) is 2.14. The molecule has 0 aliphatic rings. The smallest absolute Gasteiger partial charge is 0.271 e. The molecule has 0 radical (unpaired) electrons. The molecule has 7 heteroatoms. The first-order chi connectivity index (χ1) is 10.9. The predicted octanol–water partition coefficient (Wildman–Crippen LogP) is 2.61. The van der Waals surface area contributed by atoms with Crippen LogP contribution in [0.4, 0.5) is 10.2 Å². The van der Waals surface area contributed by atoms with Crippen LogP contribution in [0.25, 0.3) is 0 Å². The van der Waals surface area contributed by atoms with Gasteiger partial charge in [-0.3, -0.25) is 9.59 Å². The molecule has 0 fully saturated rings. The lowest BCUT2D eigenvalue weighted by molar-refractivity contribution is -0.114. The highest BCUT2D eigenvalue weighted by atomic mass is 19.1. The van der Waals surface area contributed by atoms with Crippen LogP contribution in [0.15, 0.2) is 30.3 Å². The van der Waals surface area contributed by atoms with E-state index in [1.165, 1.54) is 26.1 Å². The van der Waals surface area contributed by atoms with Gasteiger partial charge in [-0.1, -0.05) is 18.2 Å². The maximum absolute atomic E-state index is 13.8. The number of nitrogens with one attached hydrogen (secondary N) is 3. The Labute approximate surface area is 133 Å². The molecule has 1 unspecified atom stereocenters. The van der Waals surface area contributed by atoms with Crippen molar-refractivity contribution in [2.75, 3.05) is 12.4 Å². The van der Waals surface area contributed by atoms with E-state index in [2.05, 4.69) is 15.6 Å². The average Bonchev–Trinajstić information content (AvgIpc) is 2.88. The SMILES string of the molecule is CNC(=O)c1[nH]c(NC(C)=O)cc1OC(C)c1ccccc1F. The van der Waals surface area contributed by atoms with E-state index in [-0.39, 0.29) is 23.2 Å². The second-order valence-electron chi connectivity index (χ2n) is 4.96.